The van der Waals surface area contributed by atoms with E-state index in [0.29, 0.717) is 18.0 Å². The van der Waals surface area contributed by atoms with Crippen LogP contribution in [-0.4, -0.2) is 32.1 Å². The minimum Gasteiger partial charge on any atom is -0.490 e. The van der Waals surface area contributed by atoms with Crippen molar-refractivity contribution in [1.82, 2.24) is 4.90 Å². The molecule has 0 spiro atoms. The highest BCUT2D eigenvalue weighted by Crippen LogP contribution is 2.27. The minimum atomic E-state index is -0.522. The Morgan fingerprint density at radius 3 is 2.73 bits per heavy atom. The summed E-state index contributed by atoms with van der Waals surface area (Å²) in [7, 11) is 3.85. The Balaban J connectivity index is 2.65. The van der Waals surface area contributed by atoms with E-state index >= 15 is 0 Å². The zero-order chi connectivity index (χ0) is 11.4. The molecule has 1 rings (SSSR count). The van der Waals surface area contributed by atoms with Gasteiger partial charge in [-0.3, -0.25) is 0 Å². The predicted molar refractivity (Wildman–Crippen MR) is 59.9 cm³/mol. The zero-order valence-corrected chi connectivity index (χ0v) is 9.51. The van der Waals surface area contributed by atoms with E-state index in [1.165, 1.54) is 12.1 Å². The third kappa shape index (κ3) is 3.57. The maximum atomic E-state index is 13.1. The van der Waals surface area contributed by atoms with E-state index in [0.717, 1.165) is 6.54 Å². The molecule has 0 radical (unpaired) electrons. The van der Waals surface area contributed by atoms with E-state index in [9.17, 15) is 4.39 Å². The molecular weight excluding hydrogens is 219 g/mol. The number of hydrogen-bond donors (Lipinski definition) is 1. The first-order chi connectivity index (χ1) is 7.00. The van der Waals surface area contributed by atoms with Crippen LogP contribution in [0.1, 0.15) is 0 Å². The van der Waals surface area contributed by atoms with Gasteiger partial charge in [0.05, 0.1) is 10.7 Å². The fourth-order valence-corrected chi connectivity index (χ4v) is 1.18. The van der Waals surface area contributed by atoms with Crippen LogP contribution in [0, 0.1) is 5.82 Å². The molecule has 84 valence electrons. The first-order valence-corrected chi connectivity index (χ1v) is 4.90. The molecule has 0 aliphatic rings. The maximum Gasteiger partial charge on any atom is 0.145 e. The Hall–Kier alpha value is -1.00. The second-order valence-corrected chi connectivity index (χ2v) is 3.86. The molecule has 3 nitrogen and oxygen atoms in total. The summed E-state index contributed by atoms with van der Waals surface area (Å²) in [5.41, 5.74) is 5.96. The molecule has 0 aliphatic carbocycles. The quantitative estimate of drug-likeness (QED) is 0.807. The van der Waals surface area contributed by atoms with Crippen LogP contribution >= 0.6 is 11.6 Å². The molecule has 0 aliphatic heterocycles. The fraction of sp³-hybridized carbons (Fsp3) is 0.400. The molecule has 5 heteroatoms. The summed E-state index contributed by atoms with van der Waals surface area (Å²) in [6, 6.07) is 2.55. The number of rotatable bonds is 4. The molecule has 0 bridgehead atoms. The molecule has 0 atom stereocenters. The van der Waals surface area contributed by atoms with E-state index in [4.69, 9.17) is 22.1 Å². The third-order valence-electron chi connectivity index (χ3n) is 1.85. The van der Waals surface area contributed by atoms with Crippen molar-refractivity contribution in [3.63, 3.8) is 0 Å². The van der Waals surface area contributed by atoms with Crippen LogP contribution in [0.25, 0.3) is 0 Å². The first kappa shape index (κ1) is 12.1. The van der Waals surface area contributed by atoms with Gasteiger partial charge in [-0.15, -0.1) is 0 Å². The summed E-state index contributed by atoms with van der Waals surface area (Å²) in [4.78, 5) is 1.96. The number of benzene rings is 1. The van der Waals surface area contributed by atoms with Crippen LogP contribution < -0.4 is 10.5 Å². The van der Waals surface area contributed by atoms with Gasteiger partial charge in [0.1, 0.15) is 18.2 Å². The van der Waals surface area contributed by atoms with E-state index < -0.39 is 5.82 Å². The minimum absolute atomic E-state index is 0.00691. The average molecular weight is 233 g/mol. The van der Waals surface area contributed by atoms with Crippen molar-refractivity contribution in [3.05, 3.63) is 23.0 Å². The van der Waals surface area contributed by atoms with Crippen LogP contribution in [0.2, 0.25) is 5.02 Å². The Morgan fingerprint density at radius 1 is 1.47 bits per heavy atom. The number of nitrogen functional groups attached to an aromatic ring is 1. The summed E-state index contributed by atoms with van der Waals surface area (Å²) in [5.74, 6) is -0.190. The van der Waals surface area contributed by atoms with E-state index in [1.807, 2.05) is 19.0 Å². The number of nitrogens with two attached hydrogens (primary N) is 1. The highest BCUT2D eigenvalue weighted by molar-refractivity contribution is 6.31. The van der Waals surface area contributed by atoms with Crippen molar-refractivity contribution in [2.75, 3.05) is 33.0 Å². The van der Waals surface area contributed by atoms with Crippen molar-refractivity contribution in [3.8, 4) is 5.75 Å². The van der Waals surface area contributed by atoms with Crippen LogP contribution in [0.5, 0.6) is 5.75 Å². The van der Waals surface area contributed by atoms with Crippen LogP contribution in [-0.2, 0) is 0 Å². The molecule has 2 N–H and O–H groups in total. The SMILES string of the molecule is CN(C)CCOc1cc(F)c(Cl)cc1N. The second-order valence-electron chi connectivity index (χ2n) is 3.46. The molecule has 1 aromatic rings. The van der Waals surface area contributed by atoms with Crippen molar-refractivity contribution in [2.24, 2.45) is 0 Å². The molecule has 0 saturated carbocycles. The van der Waals surface area contributed by atoms with Gasteiger partial charge < -0.3 is 15.4 Å². The van der Waals surface area contributed by atoms with Gasteiger partial charge in [-0.1, -0.05) is 11.6 Å². The second kappa shape index (κ2) is 5.19. The highest BCUT2D eigenvalue weighted by Gasteiger charge is 2.07. The van der Waals surface area contributed by atoms with Crippen LogP contribution in [0.15, 0.2) is 12.1 Å². The molecule has 1 aromatic carbocycles. The van der Waals surface area contributed by atoms with E-state index in [-0.39, 0.29) is 5.02 Å². The summed E-state index contributed by atoms with van der Waals surface area (Å²) >= 11 is 5.55. The molecule has 0 aromatic heterocycles. The topological polar surface area (TPSA) is 38.5 Å². The van der Waals surface area contributed by atoms with Gasteiger partial charge in [-0.2, -0.15) is 0 Å². The molecule has 0 unspecified atom stereocenters. The van der Waals surface area contributed by atoms with Gasteiger partial charge in [0.25, 0.3) is 0 Å². The summed E-state index contributed by atoms with van der Waals surface area (Å²) in [5, 5.41) is 0.00691. The first-order valence-electron chi connectivity index (χ1n) is 4.52. The lowest BCUT2D eigenvalue weighted by molar-refractivity contribution is 0.261. The standard InChI is InChI=1S/C10H14ClFN2O/c1-14(2)3-4-15-10-6-8(12)7(11)5-9(10)13/h5-6H,3-4,13H2,1-2H3. The van der Waals surface area contributed by atoms with E-state index in [1.54, 1.807) is 0 Å². The summed E-state index contributed by atoms with van der Waals surface area (Å²) < 4.78 is 18.4. The number of ether oxygens (including phenoxy) is 1. The van der Waals surface area contributed by atoms with Gasteiger partial charge in [0.15, 0.2) is 0 Å². The lowest BCUT2D eigenvalue weighted by atomic mass is 10.3. The Labute approximate surface area is 93.6 Å². The molecular formula is C10H14ClFN2O. The Bertz CT molecular complexity index is 344. The van der Waals surface area contributed by atoms with Crippen LogP contribution in [0.4, 0.5) is 10.1 Å². The highest BCUT2D eigenvalue weighted by atomic mass is 35.5. The normalized spacial score (nSPS) is 10.7. The number of nitrogens with zero attached hydrogens (tertiary/aromatic N) is 1. The van der Waals surface area contributed by atoms with Gasteiger partial charge >= 0.3 is 0 Å². The van der Waals surface area contributed by atoms with Gasteiger partial charge in [-0.05, 0) is 20.2 Å². The molecule has 0 saturated heterocycles. The maximum absolute atomic E-state index is 13.1. The lowest BCUT2D eigenvalue weighted by Crippen LogP contribution is -2.19. The van der Waals surface area contributed by atoms with Crippen molar-refractivity contribution >= 4 is 17.3 Å². The third-order valence-corrected chi connectivity index (χ3v) is 2.14. The van der Waals surface area contributed by atoms with Gasteiger partial charge in [0.2, 0.25) is 0 Å². The van der Waals surface area contributed by atoms with Gasteiger partial charge in [-0.25, -0.2) is 4.39 Å². The molecule has 15 heavy (non-hydrogen) atoms. The van der Waals surface area contributed by atoms with Crippen molar-refractivity contribution < 1.29 is 9.13 Å². The van der Waals surface area contributed by atoms with Crippen molar-refractivity contribution in [1.29, 1.82) is 0 Å². The smallest absolute Gasteiger partial charge is 0.145 e. The predicted octanol–water partition coefficient (Wildman–Crippen LogP) is 2.00. The largest absolute Gasteiger partial charge is 0.490 e. The number of anilines is 1. The summed E-state index contributed by atoms with van der Waals surface area (Å²) in [6.45, 7) is 1.20. The number of hydrogen-bond acceptors (Lipinski definition) is 3. The average Bonchev–Trinajstić information content (AvgIpc) is 2.13. The fourth-order valence-electron chi connectivity index (χ4n) is 1.01. The monoisotopic (exact) mass is 232 g/mol. The molecule has 0 amide bonds. The number of halogens is 2. The van der Waals surface area contributed by atoms with Crippen LogP contribution in [0.3, 0.4) is 0 Å². The summed E-state index contributed by atoms with van der Waals surface area (Å²) in [6.07, 6.45) is 0. The van der Waals surface area contributed by atoms with E-state index in [2.05, 4.69) is 0 Å². The Morgan fingerprint density at radius 2 is 2.13 bits per heavy atom. The molecule has 0 fully saturated rings. The van der Waals surface area contributed by atoms with Gasteiger partial charge in [0, 0.05) is 12.6 Å². The number of likely N-dealkylation sites (N-methyl/N-ethyl adjacent to an activating group) is 1. The zero-order valence-electron chi connectivity index (χ0n) is 8.76. The van der Waals surface area contributed by atoms with Crippen molar-refractivity contribution in [2.45, 2.75) is 0 Å². The molecule has 0 heterocycles. The lowest BCUT2D eigenvalue weighted by Gasteiger charge is -2.12. The Kier molecular flexibility index (Phi) is 4.17.